The molecule has 4 aliphatic heterocycles. The second-order valence-corrected chi connectivity index (χ2v) is 17.9. The van der Waals surface area contributed by atoms with Crippen molar-refractivity contribution < 1.29 is 35.8 Å². The smallest absolute Gasteiger partial charge is 0.256 e. The first-order chi connectivity index (χ1) is 36.9. The predicted octanol–water partition coefficient (Wildman–Crippen LogP) is 11.5. The number of aromatic nitrogens is 6. The van der Waals surface area contributed by atoms with Gasteiger partial charge in [0.15, 0.2) is 11.5 Å². The highest BCUT2D eigenvalue weighted by Crippen LogP contribution is 2.59. The van der Waals surface area contributed by atoms with E-state index < -0.39 is 46.8 Å². The number of nitrogens with zero attached hydrogens (tertiary/aromatic N) is 8. The zero-order valence-corrected chi connectivity index (χ0v) is 39.0. The van der Waals surface area contributed by atoms with Gasteiger partial charge in [-0.1, -0.05) is 60.7 Å². The van der Waals surface area contributed by atoms with Crippen LogP contribution in [0.1, 0.15) is 44.5 Å². The minimum atomic E-state index is -1.33. The molecule has 0 radical (unpaired) electrons. The highest BCUT2D eigenvalue weighted by molar-refractivity contribution is 6.05. The third-order valence-electron chi connectivity index (χ3n) is 13.8. The van der Waals surface area contributed by atoms with Gasteiger partial charge in [0.1, 0.15) is 34.2 Å². The van der Waals surface area contributed by atoms with E-state index in [1.165, 1.54) is 49.1 Å². The first kappa shape index (κ1) is 45.7. The fraction of sp³-hybridized carbons (Fsp3) is 0.0345. The molecule has 0 saturated carbocycles. The molecular formula is C58H32F6N10O2. The molecule has 0 unspecified atom stereocenters. The molecule has 10 aromatic rings. The molecule has 6 aromatic heterocycles. The lowest BCUT2D eigenvalue weighted by Crippen LogP contribution is -2.30. The van der Waals surface area contributed by atoms with Crippen LogP contribution in [0.15, 0.2) is 180 Å². The van der Waals surface area contributed by atoms with Gasteiger partial charge in [0.25, 0.3) is 11.9 Å². The van der Waals surface area contributed by atoms with Gasteiger partial charge in [-0.25, -0.2) is 39.9 Å². The second kappa shape index (κ2) is 17.3. The van der Waals surface area contributed by atoms with Gasteiger partial charge in [0.2, 0.25) is 23.8 Å². The van der Waals surface area contributed by atoms with E-state index in [1.54, 1.807) is 72.8 Å². The van der Waals surface area contributed by atoms with Crippen molar-refractivity contribution in [3.63, 3.8) is 0 Å². The van der Waals surface area contributed by atoms with Crippen LogP contribution in [0.4, 0.5) is 26.3 Å². The molecular weight excluding hydrogens is 983 g/mol. The Morgan fingerprint density at radius 3 is 1.20 bits per heavy atom. The molecule has 0 amide bonds. The number of hydrogen-bond donors (Lipinski definition) is 2. The molecule has 4 N–H and O–H groups in total. The summed E-state index contributed by atoms with van der Waals surface area (Å²) in [5, 5.41) is 0. The maximum absolute atomic E-state index is 15.6. The van der Waals surface area contributed by atoms with Gasteiger partial charge < -0.3 is 20.9 Å². The maximum Gasteiger partial charge on any atom is 0.256 e. The predicted molar refractivity (Wildman–Crippen MR) is 268 cm³/mol. The standard InChI is InChI=1S/2C29H16F3N5O/c2*30-24-13-16(9-11-34-24)22-14-21-25(27(32)36-22)38-23-8-7-15(17-5-3-10-35-26(17)31)12-20(23)29(21)19-6-2-1-4-18(19)28(33)37-29/h2*1-14H,(H2,33,37)/t2*29-/m10/s1. The maximum atomic E-state index is 15.6. The van der Waals surface area contributed by atoms with Gasteiger partial charge >= 0.3 is 0 Å². The van der Waals surface area contributed by atoms with E-state index in [9.17, 15) is 17.6 Å². The highest BCUT2D eigenvalue weighted by atomic mass is 19.2. The molecule has 14 rings (SSSR count). The SMILES string of the molecule is NC1=N[C@@]2(c3cc(-c4cccnc4F)ccc3Oc3c2cc(-c2ccnc(F)c2)nc3F)c2ccccc21.NC1=N[C@]2(c3cc(-c4cccnc4F)ccc3Oc3c2cc(-c2ccnc(F)c2)nc3F)c2ccccc21. The van der Waals surface area contributed by atoms with Crippen LogP contribution in [-0.4, -0.2) is 41.6 Å². The summed E-state index contributed by atoms with van der Waals surface area (Å²) in [5.74, 6) is -3.59. The van der Waals surface area contributed by atoms with Crippen LogP contribution in [-0.2, 0) is 11.1 Å². The molecule has 2 atom stereocenters. The Balaban J connectivity index is 0.000000146. The summed E-state index contributed by atoms with van der Waals surface area (Å²) >= 11 is 0. The summed E-state index contributed by atoms with van der Waals surface area (Å²) in [7, 11) is 0. The average Bonchev–Trinajstić information content (AvgIpc) is 4.12. The number of aliphatic imine (C=N–C) groups is 2. The van der Waals surface area contributed by atoms with E-state index in [1.807, 2.05) is 48.5 Å². The Bertz CT molecular complexity index is 3910. The van der Waals surface area contributed by atoms with Crippen molar-refractivity contribution in [2.75, 3.05) is 0 Å². The van der Waals surface area contributed by atoms with Crippen molar-refractivity contribution in [3.8, 4) is 67.8 Å². The van der Waals surface area contributed by atoms with Crippen LogP contribution >= 0.6 is 0 Å². The van der Waals surface area contributed by atoms with Gasteiger partial charge in [-0.3, -0.25) is 0 Å². The van der Waals surface area contributed by atoms with Crippen LogP contribution in [0.5, 0.6) is 23.0 Å². The Hall–Kier alpha value is -10.1. The fourth-order valence-electron chi connectivity index (χ4n) is 10.5. The highest BCUT2D eigenvalue weighted by Gasteiger charge is 2.52. The summed E-state index contributed by atoms with van der Waals surface area (Å²) < 4.78 is 101. The molecule has 4 aromatic carbocycles. The number of amidine groups is 2. The molecule has 76 heavy (non-hydrogen) atoms. The molecule has 12 nitrogen and oxygen atoms in total. The number of fused-ring (bicyclic) bond motifs is 12. The third-order valence-corrected chi connectivity index (χ3v) is 13.8. The number of benzene rings is 4. The number of nitrogens with two attached hydrogens (primary N) is 2. The minimum Gasteiger partial charge on any atom is -0.452 e. The van der Waals surface area contributed by atoms with E-state index in [-0.39, 0.29) is 45.7 Å². The fourth-order valence-corrected chi connectivity index (χ4v) is 10.5. The molecule has 0 saturated heterocycles. The van der Waals surface area contributed by atoms with Gasteiger partial charge in [0.05, 0.1) is 11.4 Å². The Morgan fingerprint density at radius 2 is 0.776 bits per heavy atom. The molecule has 0 fully saturated rings. The van der Waals surface area contributed by atoms with Gasteiger partial charge in [-0.2, -0.15) is 26.3 Å². The van der Waals surface area contributed by atoms with Crippen molar-refractivity contribution in [1.29, 1.82) is 0 Å². The normalized spacial score (nSPS) is 16.9. The largest absolute Gasteiger partial charge is 0.452 e. The number of hydrogen-bond acceptors (Lipinski definition) is 12. The van der Waals surface area contributed by atoms with Crippen LogP contribution in [0.3, 0.4) is 0 Å². The summed E-state index contributed by atoms with van der Waals surface area (Å²) in [6.45, 7) is 0. The van der Waals surface area contributed by atoms with Crippen LogP contribution in [0, 0.1) is 35.7 Å². The molecule has 10 heterocycles. The van der Waals surface area contributed by atoms with Crippen LogP contribution < -0.4 is 20.9 Å². The molecule has 4 aliphatic rings. The number of rotatable bonds is 4. The summed E-state index contributed by atoms with van der Waals surface area (Å²) in [5.41, 5.74) is 17.3. The number of pyridine rings is 6. The van der Waals surface area contributed by atoms with E-state index >= 15 is 8.78 Å². The lowest BCUT2D eigenvalue weighted by atomic mass is 9.75. The van der Waals surface area contributed by atoms with Gasteiger partial charge in [-0.05, 0) is 95.1 Å². The Kier molecular flexibility index (Phi) is 10.4. The topological polar surface area (TPSA) is 173 Å². The second-order valence-electron chi connectivity index (χ2n) is 17.9. The van der Waals surface area contributed by atoms with E-state index in [4.69, 9.17) is 30.9 Å². The van der Waals surface area contributed by atoms with E-state index in [0.29, 0.717) is 78.3 Å². The van der Waals surface area contributed by atoms with E-state index in [2.05, 4.69) is 29.9 Å². The van der Waals surface area contributed by atoms with Gasteiger partial charge in [-0.15, -0.1) is 0 Å². The first-order valence-electron chi connectivity index (χ1n) is 23.3. The molecule has 0 aliphatic carbocycles. The zero-order valence-electron chi connectivity index (χ0n) is 39.0. The summed E-state index contributed by atoms with van der Waals surface area (Å²) in [4.78, 5) is 32.6. The van der Waals surface area contributed by atoms with Crippen molar-refractivity contribution in [2.24, 2.45) is 21.5 Å². The van der Waals surface area contributed by atoms with Crippen molar-refractivity contribution in [1.82, 2.24) is 29.9 Å². The monoisotopic (exact) mass is 1010 g/mol. The van der Waals surface area contributed by atoms with E-state index in [0.717, 1.165) is 0 Å². The molecule has 368 valence electrons. The third kappa shape index (κ3) is 7.01. The van der Waals surface area contributed by atoms with Crippen LogP contribution in [0.25, 0.3) is 44.8 Å². The summed E-state index contributed by atoms with van der Waals surface area (Å²) in [6.07, 6.45) is 5.30. The van der Waals surface area contributed by atoms with Crippen LogP contribution in [0.2, 0.25) is 0 Å². The molecule has 18 heteroatoms. The zero-order chi connectivity index (χ0) is 52.0. The summed E-state index contributed by atoms with van der Waals surface area (Å²) in [6, 6.07) is 40.0. The van der Waals surface area contributed by atoms with Crippen molar-refractivity contribution >= 4 is 11.7 Å². The Labute approximate surface area is 426 Å². The minimum absolute atomic E-state index is 0.121. The molecule has 2 spiro atoms. The quantitative estimate of drug-likeness (QED) is 0.128. The number of ether oxygens (including phenoxy) is 2. The first-order valence-corrected chi connectivity index (χ1v) is 23.3. The van der Waals surface area contributed by atoms with Gasteiger partial charge in [0, 0.05) is 92.6 Å². The van der Waals surface area contributed by atoms with Crippen molar-refractivity contribution in [2.45, 2.75) is 11.1 Å². The Morgan fingerprint density at radius 1 is 0.355 bits per heavy atom. The molecule has 0 bridgehead atoms. The lowest BCUT2D eigenvalue weighted by molar-refractivity contribution is 0.385. The number of halogens is 6. The lowest BCUT2D eigenvalue weighted by Gasteiger charge is -2.36. The average molecular weight is 1010 g/mol. The van der Waals surface area contributed by atoms with Crippen molar-refractivity contribution in [3.05, 3.63) is 251 Å².